The number of benzene rings is 2. The number of aromatic nitrogens is 1. The Bertz CT molecular complexity index is 1570. The molecule has 5 rings (SSSR count). The molecule has 0 bridgehead atoms. The van der Waals surface area contributed by atoms with Gasteiger partial charge < -0.3 is 19.3 Å². The lowest BCUT2D eigenvalue weighted by Gasteiger charge is -2.24. The zero-order valence-corrected chi connectivity index (χ0v) is 22.5. The van der Waals surface area contributed by atoms with Crippen LogP contribution in [0.1, 0.15) is 31.0 Å². The third-order valence-electron chi connectivity index (χ3n) is 5.57. The molecule has 0 unspecified atom stereocenters. The Labute approximate surface area is 220 Å². The van der Waals surface area contributed by atoms with Crippen molar-refractivity contribution >= 4 is 55.2 Å². The molecule has 0 spiro atoms. The molecule has 0 amide bonds. The Hall–Kier alpha value is -2.89. The molecule has 1 aromatic heterocycles. The number of hydrogen-bond donors (Lipinski definition) is 1. The molecule has 3 aromatic rings. The van der Waals surface area contributed by atoms with Gasteiger partial charge >= 0.3 is 5.97 Å². The van der Waals surface area contributed by atoms with E-state index in [1.807, 2.05) is 6.07 Å². The highest BCUT2D eigenvalue weighted by Gasteiger charge is 2.34. The van der Waals surface area contributed by atoms with Crippen molar-refractivity contribution in [3.05, 3.63) is 81.4 Å². The fraction of sp³-hybridized carbons (Fsp3) is 0.208. The van der Waals surface area contributed by atoms with Crippen molar-refractivity contribution < 1.29 is 24.1 Å². The summed E-state index contributed by atoms with van der Waals surface area (Å²) in [5, 5.41) is 10.0. The molecule has 1 atom stereocenters. The summed E-state index contributed by atoms with van der Waals surface area (Å²) in [6.07, 6.45) is 1.72. The third kappa shape index (κ3) is 4.21. The van der Waals surface area contributed by atoms with Crippen LogP contribution in [0, 0.1) is 0 Å². The van der Waals surface area contributed by atoms with Crippen LogP contribution >= 0.6 is 43.2 Å². The molecule has 2 aromatic carbocycles. The molecule has 0 fully saturated rings. The fourth-order valence-electron chi connectivity index (χ4n) is 4.01. The lowest BCUT2D eigenvalue weighted by Crippen LogP contribution is -2.39. The number of halogens is 2. The molecule has 180 valence electrons. The first kappa shape index (κ1) is 23.8. The molecular formula is C24H18Br2N2O6S. The van der Waals surface area contributed by atoms with Crippen LogP contribution in [0.15, 0.2) is 60.3 Å². The van der Waals surface area contributed by atoms with Gasteiger partial charge in [-0.15, -0.1) is 0 Å². The zero-order chi connectivity index (χ0) is 24.9. The van der Waals surface area contributed by atoms with Gasteiger partial charge in [0.05, 0.1) is 37.4 Å². The van der Waals surface area contributed by atoms with Gasteiger partial charge in [-0.2, -0.15) is 0 Å². The molecule has 8 nitrogen and oxygen atoms in total. The van der Waals surface area contributed by atoms with Crippen molar-refractivity contribution in [2.45, 2.75) is 19.9 Å². The van der Waals surface area contributed by atoms with E-state index in [2.05, 4.69) is 36.9 Å². The predicted molar refractivity (Wildman–Crippen MR) is 136 cm³/mol. The van der Waals surface area contributed by atoms with Gasteiger partial charge in [0.15, 0.2) is 16.3 Å². The Morgan fingerprint density at radius 1 is 1.26 bits per heavy atom. The van der Waals surface area contributed by atoms with Gasteiger partial charge in [-0.05, 0) is 87.2 Å². The van der Waals surface area contributed by atoms with Crippen molar-refractivity contribution in [1.29, 1.82) is 0 Å². The average molecular weight is 622 g/mol. The average Bonchev–Trinajstić information content (AvgIpc) is 3.40. The van der Waals surface area contributed by atoms with Gasteiger partial charge in [-0.25, -0.2) is 9.79 Å². The first-order valence-corrected chi connectivity index (χ1v) is 13.0. The van der Waals surface area contributed by atoms with Gasteiger partial charge in [-0.3, -0.25) is 9.36 Å². The van der Waals surface area contributed by atoms with Gasteiger partial charge in [0.2, 0.25) is 6.79 Å². The second-order valence-electron chi connectivity index (χ2n) is 7.75. The van der Waals surface area contributed by atoms with E-state index < -0.39 is 12.0 Å². The summed E-state index contributed by atoms with van der Waals surface area (Å²) in [7, 11) is 0. The molecular weight excluding hydrogens is 604 g/mol. The molecule has 3 heterocycles. The summed E-state index contributed by atoms with van der Waals surface area (Å²) in [6, 6.07) is 8.01. The topological polar surface area (TPSA) is 99.4 Å². The van der Waals surface area contributed by atoms with E-state index in [4.69, 9.17) is 14.2 Å². The molecule has 0 radical (unpaired) electrons. The maximum atomic E-state index is 13.7. The van der Waals surface area contributed by atoms with E-state index in [0.717, 1.165) is 0 Å². The number of phenolic OH excluding ortho intramolecular Hbond substituents is 1. The van der Waals surface area contributed by atoms with Crippen molar-refractivity contribution in [3.63, 3.8) is 0 Å². The fourth-order valence-corrected chi connectivity index (χ4v) is 6.28. The number of allylic oxidation sites excluding steroid dienone is 1. The maximum absolute atomic E-state index is 13.7. The lowest BCUT2D eigenvalue weighted by molar-refractivity contribution is -0.139. The molecule has 2 aliphatic heterocycles. The molecule has 0 saturated heterocycles. The Kier molecular flexibility index (Phi) is 6.32. The Balaban J connectivity index is 1.73. The van der Waals surface area contributed by atoms with Gasteiger partial charge in [0, 0.05) is 0 Å². The normalized spacial score (nSPS) is 16.8. The summed E-state index contributed by atoms with van der Waals surface area (Å²) in [5.74, 6) is 0.683. The first-order chi connectivity index (χ1) is 16.8. The van der Waals surface area contributed by atoms with Crippen LogP contribution in [0.2, 0.25) is 0 Å². The van der Waals surface area contributed by atoms with Crippen LogP contribution in [0.3, 0.4) is 0 Å². The summed E-state index contributed by atoms with van der Waals surface area (Å²) >= 11 is 7.86. The van der Waals surface area contributed by atoms with Crippen LogP contribution in [0.5, 0.6) is 17.2 Å². The van der Waals surface area contributed by atoms with E-state index in [0.29, 0.717) is 52.2 Å². The number of aromatic hydroxyl groups is 1. The smallest absolute Gasteiger partial charge is 0.338 e. The number of carbonyl (C=O) groups excluding carboxylic acids is 1. The second-order valence-corrected chi connectivity index (χ2v) is 10.5. The molecule has 0 saturated carbocycles. The van der Waals surface area contributed by atoms with E-state index >= 15 is 0 Å². The monoisotopic (exact) mass is 620 g/mol. The number of nitrogens with zero attached hydrogens (tertiary/aromatic N) is 2. The third-order valence-corrected chi connectivity index (χ3v) is 7.76. The predicted octanol–water partition coefficient (Wildman–Crippen LogP) is 3.76. The van der Waals surface area contributed by atoms with Gasteiger partial charge in [0.25, 0.3) is 5.56 Å². The summed E-state index contributed by atoms with van der Waals surface area (Å²) in [4.78, 5) is 31.7. The van der Waals surface area contributed by atoms with Crippen molar-refractivity contribution in [2.75, 3.05) is 13.4 Å². The molecule has 11 heteroatoms. The highest BCUT2D eigenvalue weighted by atomic mass is 79.9. The quantitative estimate of drug-likeness (QED) is 0.446. The number of esters is 1. The van der Waals surface area contributed by atoms with E-state index in [1.165, 1.54) is 15.9 Å². The minimum Gasteiger partial charge on any atom is -0.506 e. The summed E-state index contributed by atoms with van der Waals surface area (Å²) < 4.78 is 19.2. The second kappa shape index (κ2) is 9.29. The van der Waals surface area contributed by atoms with Crippen LogP contribution < -0.4 is 24.4 Å². The number of rotatable bonds is 4. The number of carbonyl (C=O) groups is 1. The van der Waals surface area contributed by atoms with Gasteiger partial charge in [0.1, 0.15) is 5.75 Å². The van der Waals surface area contributed by atoms with E-state index in [9.17, 15) is 14.7 Å². The number of fused-ring (bicyclic) bond motifs is 2. The van der Waals surface area contributed by atoms with E-state index in [-0.39, 0.29) is 24.7 Å². The number of ether oxygens (including phenoxy) is 3. The number of hydrogen-bond acceptors (Lipinski definition) is 8. The Morgan fingerprint density at radius 3 is 2.69 bits per heavy atom. The van der Waals surface area contributed by atoms with Crippen LogP contribution in [-0.2, 0) is 9.53 Å². The number of phenols is 1. The minimum atomic E-state index is -0.750. The van der Waals surface area contributed by atoms with Gasteiger partial charge in [-0.1, -0.05) is 17.4 Å². The largest absolute Gasteiger partial charge is 0.506 e. The standard InChI is InChI=1S/C24H18Br2N2O6S/c1-3-32-23(31)19-11(2)27-24-28(20(19)13-4-5-16-17(9-13)34-10-33-16)22(30)18(35-24)8-12-6-14(25)21(29)15(26)7-12/h4-9,20,29H,3,10H2,1-2H3/b18-8+/t20-/m1/s1. The summed E-state index contributed by atoms with van der Waals surface area (Å²) in [6.45, 7) is 3.77. The molecule has 0 aliphatic carbocycles. The first-order valence-electron chi connectivity index (χ1n) is 10.6. The molecule has 35 heavy (non-hydrogen) atoms. The minimum absolute atomic E-state index is 0.0705. The highest BCUT2D eigenvalue weighted by molar-refractivity contribution is 9.11. The number of thiazole rings is 1. The lowest BCUT2D eigenvalue weighted by atomic mass is 9.95. The van der Waals surface area contributed by atoms with Crippen LogP contribution in [0.25, 0.3) is 6.08 Å². The SMILES string of the molecule is CCOC(=O)C1=C(C)N=c2s/c(=C/c3cc(Br)c(O)c(Br)c3)c(=O)n2[C@@H]1c1ccc2c(c1)OCO2. The zero-order valence-electron chi connectivity index (χ0n) is 18.5. The van der Waals surface area contributed by atoms with Crippen molar-refractivity contribution in [2.24, 2.45) is 4.99 Å². The van der Waals surface area contributed by atoms with Crippen molar-refractivity contribution in [3.8, 4) is 17.2 Å². The van der Waals surface area contributed by atoms with Crippen molar-refractivity contribution in [1.82, 2.24) is 4.57 Å². The van der Waals surface area contributed by atoms with E-state index in [1.54, 1.807) is 44.2 Å². The summed E-state index contributed by atoms with van der Waals surface area (Å²) in [5.41, 5.74) is 1.85. The highest BCUT2D eigenvalue weighted by Crippen LogP contribution is 2.38. The van der Waals surface area contributed by atoms with Crippen LogP contribution in [0.4, 0.5) is 0 Å². The molecule has 2 aliphatic rings. The molecule has 1 N–H and O–H groups in total. The van der Waals surface area contributed by atoms with Crippen LogP contribution in [-0.4, -0.2) is 29.0 Å². The maximum Gasteiger partial charge on any atom is 0.338 e. The Morgan fingerprint density at radius 2 is 1.97 bits per heavy atom.